The molecule has 114 valence electrons. The van der Waals surface area contributed by atoms with E-state index in [1.165, 1.54) is 45.3 Å². The molecule has 0 radical (unpaired) electrons. The average Bonchev–Trinajstić information content (AvgIpc) is 3.30. The lowest BCUT2D eigenvalue weighted by Crippen LogP contribution is -2.64. The van der Waals surface area contributed by atoms with Crippen molar-refractivity contribution in [3.05, 3.63) is 35.4 Å². The molecule has 0 spiro atoms. The molecular formula is C19H28N2. The van der Waals surface area contributed by atoms with Crippen molar-refractivity contribution in [3.8, 4) is 0 Å². The van der Waals surface area contributed by atoms with E-state index in [2.05, 4.69) is 48.3 Å². The topological polar surface area (TPSA) is 15.3 Å². The van der Waals surface area contributed by atoms with Crippen LogP contribution in [0, 0.1) is 5.92 Å². The van der Waals surface area contributed by atoms with Crippen molar-refractivity contribution in [2.45, 2.75) is 57.0 Å². The smallest absolute Gasteiger partial charge is 0.0278 e. The number of rotatable bonds is 4. The molecule has 4 rings (SSSR count). The molecule has 1 aromatic carbocycles. The summed E-state index contributed by atoms with van der Waals surface area (Å²) in [7, 11) is 0. The fraction of sp³-hybridized carbons (Fsp3) is 0.684. The van der Waals surface area contributed by atoms with Crippen molar-refractivity contribution in [1.82, 2.24) is 10.2 Å². The third kappa shape index (κ3) is 2.53. The minimum Gasteiger partial charge on any atom is -0.309 e. The molecule has 1 saturated carbocycles. The molecular weight excluding hydrogens is 256 g/mol. The van der Waals surface area contributed by atoms with E-state index in [1.54, 1.807) is 11.1 Å². The largest absolute Gasteiger partial charge is 0.309 e. The number of piperazine rings is 1. The standard InChI is InChI=1S/C19H28N2/c1-3-19(2)13-21(18(11-20-19)14-8-9-14)12-16-10-15-6-4-5-7-17(15)16/h4-7,14,16,18,20H,3,8-13H2,1-2H3. The molecule has 1 aromatic rings. The monoisotopic (exact) mass is 284 g/mol. The van der Waals surface area contributed by atoms with Crippen LogP contribution in [0.2, 0.25) is 0 Å². The van der Waals surface area contributed by atoms with Crippen molar-refractivity contribution in [2.75, 3.05) is 19.6 Å². The van der Waals surface area contributed by atoms with Crippen LogP contribution in [0.4, 0.5) is 0 Å². The average molecular weight is 284 g/mol. The molecule has 3 atom stereocenters. The van der Waals surface area contributed by atoms with Gasteiger partial charge in [0, 0.05) is 37.1 Å². The Bertz CT molecular complexity index is 522. The predicted octanol–water partition coefficient (Wildman–Crippen LogP) is 3.18. The summed E-state index contributed by atoms with van der Waals surface area (Å²) in [5.41, 5.74) is 3.51. The van der Waals surface area contributed by atoms with Crippen LogP contribution in [0.25, 0.3) is 0 Å². The molecule has 2 nitrogen and oxygen atoms in total. The Morgan fingerprint density at radius 1 is 1.29 bits per heavy atom. The third-order valence-corrected chi connectivity index (χ3v) is 6.12. The van der Waals surface area contributed by atoms with Crippen LogP contribution < -0.4 is 5.32 Å². The predicted molar refractivity (Wildman–Crippen MR) is 87.7 cm³/mol. The minimum absolute atomic E-state index is 0.314. The van der Waals surface area contributed by atoms with Gasteiger partial charge in [0.2, 0.25) is 0 Å². The van der Waals surface area contributed by atoms with Gasteiger partial charge in [-0.1, -0.05) is 31.2 Å². The Morgan fingerprint density at radius 3 is 2.81 bits per heavy atom. The molecule has 1 aliphatic heterocycles. The van der Waals surface area contributed by atoms with Crippen LogP contribution in [0.5, 0.6) is 0 Å². The van der Waals surface area contributed by atoms with Gasteiger partial charge >= 0.3 is 0 Å². The fourth-order valence-corrected chi connectivity index (χ4v) is 4.29. The maximum atomic E-state index is 3.83. The molecule has 2 heteroatoms. The number of hydrogen-bond donors (Lipinski definition) is 1. The Balaban J connectivity index is 1.48. The van der Waals surface area contributed by atoms with Crippen LogP contribution in [0.1, 0.15) is 50.2 Å². The number of nitrogens with one attached hydrogen (secondary N) is 1. The Hall–Kier alpha value is -0.860. The molecule has 0 aromatic heterocycles. The zero-order valence-corrected chi connectivity index (χ0v) is 13.4. The van der Waals surface area contributed by atoms with Crippen molar-refractivity contribution >= 4 is 0 Å². The van der Waals surface area contributed by atoms with Gasteiger partial charge in [0.15, 0.2) is 0 Å². The highest BCUT2D eigenvalue weighted by Gasteiger charge is 2.43. The molecule has 0 bridgehead atoms. The number of fused-ring (bicyclic) bond motifs is 1. The van der Waals surface area contributed by atoms with Crippen molar-refractivity contribution in [3.63, 3.8) is 0 Å². The van der Waals surface area contributed by atoms with E-state index < -0.39 is 0 Å². The maximum absolute atomic E-state index is 3.83. The normalized spacial score (nSPS) is 36.1. The van der Waals surface area contributed by atoms with Gasteiger partial charge in [-0.05, 0) is 49.7 Å². The molecule has 2 aliphatic carbocycles. The first-order chi connectivity index (χ1) is 10.2. The van der Waals surface area contributed by atoms with E-state index in [-0.39, 0.29) is 0 Å². The fourth-order valence-electron chi connectivity index (χ4n) is 4.29. The van der Waals surface area contributed by atoms with Crippen molar-refractivity contribution in [1.29, 1.82) is 0 Å². The number of nitrogens with zero attached hydrogens (tertiary/aromatic N) is 1. The van der Waals surface area contributed by atoms with Crippen molar-refractivity contribution < 1.29 is 0 Å². The van der Waals surface area contributed by atoms with E-state index in [0.29, 0.717) is 5.54 Å². The molecule has 0 amide bonds. The zero-order chi connectivity index (χ0) is 14.4. The molecule has 1 saturated heterocycles. The van der Waals surface area contributed by atoms with E-state index in [9.17, 15) is 0 Å². The highest BCUT2D eigenvalue weighted by atomic mass is 15.3. The van der Waals surface area contributed by atoms with E-state index in [4.69, 9.17) is 0 Å². The molecule has 3 unspecified atom stereocenters. The maximum Gasteiger partial charge on any atom is 0.0278 e. The summed E-state index contributed by atoms with van der Waals surface area (Å²) in [6.45, 7) is 8.42. The second-order valence-electron chi connectivity index (χ2n) is 7.73. The highest BCUT2D eigenvalue weighted by molar-refractivity contribution is 5.40. The lowest BCUT2D eigenvalue weighted by Gasteiger charge is -2.48. The van der Waals surface area contributed by atoms with Crippen LogP contribution >= 0.6 is 0 Å². The quantitative estimate of drug-likeness (QED) is 0.913. The lowest BCUT2D eigenvalue weighted by atomic mass is 9.76. The third-order valence-electron chi connectivity index (χ3n) is 6.12. The molecule has 3 aliphatic rings. The lowest BCUT2D eigenvalue weighted by molar-refractivity contribution is 0.0650. The molecule has 21 heavy (non-hydrogen) atoms. The zero-order valence-electron chi connectivity index (χ0n) is 13.4. The van der Waals surface area contributed by atoms with Crippen LogP contribution in [-0.4, -0.2) is 36.1 Å². The first kappa shape index (κ1) is 13.8. The molecule has 1 N–H and O–H groups in total. The van der Waals surface area contributed by atoms with Crippen LogP contribution in [-0.2, 0) is 6.42 Å². The van der Waals surface area contributed by atoms with Gasteiger partial charge in [0.1, 0.15) is 0 Å². The molecule has 2 fully saturated rings. The van der Waals surface area contributed by atoms with Gasteiger partial charge in [-0.2, -0.15) is 0 Å². The summed E-state index contributed by atoms with van der Waals surface area (Å²) < 4.78 is 0. The first-order valence-electron chi connectivity index (χ1n) is 8.75. The second kappa shape index (κ2) is 5.10. The van der Waals surface area contributed by atoms with Gasteiger partial charge in [-0.15, -0.1) is 0 Å². The van der Waals surface area contributed by atoms with E-state index in [0.717, 1.165) is 17.9 Å². The Morgan fingerprint density at radius 2 is 2.10 bits per heavy atom. The van der Waals surface area contributed by atoms with Crippen molar-refractivity contribution in [2.24, 2.45) is 5.92 Å². The first-order valence-corrected chi connectivity index (χ1v) is 8.75. The second-order valence-corrected chi connectivity index (χ2v) is 7.73. The minimum atomic E-state index is 0.314. The van der Waals surface area contributed by atoms with E-state index >= 15 is 0 Å². The van der Waals surface area contributed by atoms with Gasteiger partial charge in [-0.25, -0.2) is 0 Å². The van der Waals surface area contributed by atoms with Gasteiger partial charge in [0.05, 0.1) is 0 Å². The summed E-state index contributed by atoms with van der Waals surface area (Å²) in [5, 5.41) is 3.83. The molecule has 1 heterocycles. The van der Waals surface area contributed by atoms with Gasteiger partial charge in [-0.3, -0.25) is 4.90 Å². The highest BCUT2D eigenvalue weighted by Crippen LogP contribution is 2.41. The summed E-state index contributed by atoms with van der Waals surface area (Å²) in [5.74, 6) is 1.75. The SMILES string of the molecule is CCC1(C)CN(CC2Cc3ccccc32)C(C2CC2)CN1. The number of hydrogen-bond acceptors (Lipinski definition) is 2. The van der Waals surface area contributed by atoms with Crippen LogP contribution in [0.3, 0.4) is 0 Å². The summed E-state index contributed by atoms with van der Waals surface area (Å²) in [6, 6.07) is 9.82. The van der Waals surface area contributed by atoms with Gasteiger partial charge < -0.3 is 5.32 Å². The summed E-state index contributed by atoms with van der Waals surface area (Å²) in [6.07, 6.45) is 5.42. The van der Waals surface area contributed by atoms with Crippen LogP contribution in [0.15, 0.2) is 24.3 Å². The van der Waals surface area contributed by atoms with E-state index in [1.807, 2.05) is 0 Å². The Labute approximate surface area is 128 Å². The summed E-state index contributed by atoms with van der Waals surface area (Å²) in [4.78, 5) is 2.83. The summed E-state index contributed by atoms with van der Waals surface area (Å²) >= 11 is 0. The van der Waals surface area contributed by atoms with Gasteiger partial charge in [0.25, 0.3) is 0 Å². The Kier molecular flexibility index (Phi) is 3.35. The number of benzene rings is 1.